The molecule has 0 saturated carbocycles. The zero-order chi connectivity index (χ0) is 31.3. The number of hydrogen-bond donors (Lipinski definition) is 1. The number of allylic oxidation sites excluding steroid dienone is 2. The van der Waals surface area contributed by atoms with Crippen molar-refractivity contribution in [2.45, 2.75) is 57.5 Å². The fourth-order valence-corrected chi connectivity index (χ4v) is 6.85. The molecule has 2 aliphatic rings. The number of halogens is 1. The lowest BCUT2D eigenvalue weighted by Crippen LogP contribution is -2.39. The van der Waals surface area contributed by atoms with E-state index in [2.05, 4.69) is 70.9 Å². The van der Waals surface area contributed by atoms with Crippen molar-refractivity contribution >= 4 is 23.5 Å². The van der Waals surface area contributed by atoms with Crippen molar-refractivity contribution in [2.75, 3.05) is 26.7 Å². The molecule has 1 saturated heterocycles. The van der Waals surface area contributed by atoms with Crippen LogP contribution in [0.25, 0.3) is 0 Å². The van der Waals surface area contributed by atoms with E-state index in [-0.39, 0.29) is 5.92 Å². The highest BCUT2D eigenvalue weighted by Crippen LogP contribution is 2.43. The summed E-state index contributed by atoms with van der Waals surface area (Å²) in [5.41, 5.74) is 4.70. The van der Waals surface area contributed by atoms with Crippen LogP contribution >= 0.6 is 11.6 Å². The van der Waals surface area contributed by atoms with E-state index in [1.807, 2.05) is 39.0 Å². The molecule has 5 rings (SSSR count). The topological polar surface area (TPSA) is 67.9 Å². The highest BCUT2D eigenvalue weighted by atomic mass is 35.5. The van der Waals surface area contributed by atoms with Gasteiger partial charge >= 0.3 is 11.9 Å². The molecule has 3 aromatic carbocycles. The molecule has 0 aliphatic carbocycles. The van der Waals surface area contributed by atoms with Crippen LogP contribution in [0.3, 0.4) is 0 Å². The first kappa shape index (κ1) is 31.6. The summed E-state index contributed by atoms with van der Waals surface area (Å²) in [5.74, 6) is -1.38. The van der Waals surface area contributed by atoms with Crippen molar-refractivity contribution in [3.63, 3.8) is 0 Å². The van der Waals surface area contributed by atoms with Crippen molar-refractivity contribution in [3.05, 3.63) is 129 Å². The summed E-state index contributed by atoms with van der Waals surface area (Å²) in [6.45, 7) is 8.15. The Morgan fingerprint density at radius 2 is 1.57 bits per heavy atom. The van der Waals surface area contributed by atoms with E-state index in [1.54, 1.807) is 6.07 Å². The van der Waals surface area contributed by atoms with Gasteiger partial charge < -0.3 is 14.8 Å². The average molecular weight is 613 g/mol. The first-order valence-electron chi connectivity index (χ1n) is 15.3. The number of rotatable bonds is 10. The normalized spacial score (nSPS) is 20.5. The highest BCUT2D eigenvalue weighted by Gasteiger charge is 2.43. The van der Waals surface area contributed by atoms with Gasteiger partial charge in [0.1, 0.15) is 5.60 Å². The molecule has 2 atom stereocenters. The number of benzene rings is 3. The predicted octanol–water partition coefficient (Wildman–Crippen LogP) is 7.37. The average Bonchev–Trinajstić information content (AvgIpc) is 3.41. The van der Waals surface area contributed by atoms with Crippen LogP contribution in [0.2, 0.25) is 5.02 Å². The zero-order valence-corrected chi connectivity index (χ0v) is 26.7. The van der Waals surface area contributed by atoms with Crippen LogP contribution in [0.5, 0.6) is 0 Å². The number of likely N-dealkylation sites (tertiary alicyclic amines) is 1. The van der Waals surface area contributed by atoms with Crippen LogP contribution in [0, 0.1) is 0 Å². The standard InChI is InChI=1S/C37H41ClN2O4/c1-5-31-34(33(29-18-12-13-19-30(29)38)32(25(2)39-31)35(41)43-4)36(42)44-37(3)21-23-40(24-37)22-20-28(26-14-8-6-9-15-26)27-16-10-7-11-17-27/h6-19,28,33,39H,5,20-24H2,1-4H3/t33-,37+/m0/s1. The second-order valence-electron chi connectivity index (χ2n) is 11.9. The van der Waals surface area contributed by atoms with Gasteiger partial charge in [-0.2, -0.15) is 0 Å². The summed E-state index contributed by atoms with van der Waals surface area (Å²) in [4.78, 5) is 29.6. The minimum absolute atomic E-state index is 0.278. The van der Waals surface area contributed by atoms with Gasteiger partial charge in [-0.25, -0.2) is 9.59 Å². The number of carbonyl (C=O) groups excluding carboxylic acids is 2. The Hall–Kier alpha value is -3.87. The highest BCUT2D eigenvalue weighted by molar-refractivity contribution is 6.31. The van der Waals surface area contributed by atoms with Gasteiger partial charge in [0, 0.05) is 41.8 Å². The first-order valence-corrected chi connectivity index (χ1v) is 15.7. The maximum absolute atomic E-state index is 14.2. The summed E-state index contributed by atoms with van der Waals surface area (Å²) in [6.07, 6.45) is 2.23. The largest absolute Gasteiger partial charge is 0.466 e. The molecule has 0 amide bonds. The molecule has 0 bridgehead atoms. The van der Waals surface area contributed by atoms with Crippen LogP contribution < -0.4 is 5.32 Å². The molecule has 7 heteroatoms. The van der Waals surface area contributed by atoms with Crippen molar-refractivity contribution in [1.29, 1.82) is 0 Å². The molecule has 0 aromatic heterocycles. The zero-order valence-electron chi connectivity index (χ0n) is 25.9. The first-order chi connectivity index (χ1) is 21.2. The fourth-order valence-electron chi connectivity index (χ4n) is 6.60. The van der Waals surface area contributed by atoms with Gasteiger partial charge in [0.25, 0.3) is 0 Å². The van der Waals surface area contributed by atoms with Crippen LogP contribution in [0.15, 0.2) is 107 Å². The van der Waals surface area contributed by atoms with Gasteiger partial charge in [0.15, 0.2) is 0 Å². The second-order valence-corrected chi connectivity index (χ2v) is 12.3. The summed E-state index contributed by atoms with van der Waals surface area (Å²) >= 11 is 6.67. The number of dihydropyridines is 1. The van der Waals surface area contributed by atoms with E-state index < -0.39 is 23.5 Å². The maximum Gasteiger partial charge on any atom is 0.337 e. The molecule has 3 aromatic rings. The van der Waals surface area contributed by atoms with Crippen LogP contribution in [-0.4, -0.2) is 49.2 Å². The number of hydrogen-bond acceptors (Lipinski definition) is 6. The third-order valence-electron chi connectivity index (χ3n) is 8.83. The Bertz CT molecular complexity index is 1510. The number of nitrogens with one attached hydrogen (secondary N) is 1. The third-order valence-corrected chi connectivity index (χ3v) is 9.18. The summed E-state index contributed by atoms with van der Waals surface area (Å²) in [5, 5.41) is 3.77. The van der Waals surface area contributed by atoms with E-state index in [4.69, 9.17) is 21.1 Å². The van der Waals surface area contributed by atoms with E-state index in [0.29, 0.717) is 40.4 Å². The third kappa shape index (κ3) is 6.77. The lowest BCUT2D eigenvalue weighted by Gasteiger charge is -2.34. The molecule has 1 fully saturated rings. The lowest BCUT2D eigenvalue weighted by molar-refractivity contribution is -0.152. The van der Waals surface area contributed by atoms with Crippen molar-refractivity contribution in [3.8, 4) is 0 Å². The quantitative estimate of drug-likeness (QED) is 0.241. The van der Waals surface area contributed by atoms with Crippen LogP contribution in [0.1, 0.15) is 68.6 Å². The number of methoxy groups -OCH3 is 1. The SMILES string of the molecule is CCC1=C(C(=O)O[C@]2(C)CCN(CCC(c3ccccc3)c3ccccc3)C2)[C@@H](c2ccccc2Cl)C(C(=O)OC)=C(C)N1. The minimum Gasteiger partial charge on any atom is -0.466 e. The molecule has 6 nitrogen and oxygen atoms in total. The molecule has 0 radical (unpaired) electrons. The smallest absolute Gasteiger partial charge is 0.337 e. The Balaban J connectivity index is 1.36. The molecule has 2 aliphatic heterocycles. The summed E-state index contributed by atoms with van der Waals surface area (Å²) in [7, 11) is 1.34. The van der Waals surface area contributed by atoms with Crippen molar-refractivity contribution in [1.82, 2.24) is 10.2 Å². The van der Waals surface area contributed by atoms with Gasteiger partial charge in [-0.05, 0) is 56.0 Å². The van der Waals surface area contributed by atoms with E-state index in [0.717, 1.165) is 31.6 Å². The molecule has 0 unspecified atom stereocenters. The number of carbonyl (C=O) groups is 2. The monoisotopic (exact) mass is 612 g/mol. The molecule has 2 heterocycles. The van der Waals surface area contributed by atoms with Gasteiger partial charge in [0.2, 0.25) is 0 Å². The van der Waals surface area contributed by atoms with Gasteiger partial charge in [0.05, 0.1) is 24.2 Å². The van der Waals surface area contributed by atoms with Gasteiger partial charge in [-0.3, -0.25) is 4.90 Å². The van der Waals surface area contributed by atoms with Gasteiger partial charge in [-0.15, -0.1) is 0 Å². The Labute approximate surface area is 265 Å². The molecule has 44 heavy (non-hydrogen) atoms. The molecule has 230 valence electrons. The fraction of sp³-hybridized carbons (Fsp3) is 0.351. The number of nitrogens with zero attached hydrogens (tertiary/aromatic N) is 1. The molecular weight excluding hydrogens is 572 g/mol. The Morgan fingerprint density at radius 3 is 2.16 bits per heavy atom. The lowest BCUT2D eigenvalue weighted by atomic mass is 9.79. The number of ether oxygens (including phenoxy) is 2. The molecular formula is C37H41ClN2O4. The van der Waals surface area contributed by atoms with E-state index in [9.17, 15) is 9.59 Å². The minimum atomic E-state index is -0.710. The summed E-state index contributed by atoms with van der Waals surface area (Å²) in [6, 6.07) is 28.6. The Kier molecular flexibility index (Phi) is 9.92. The Morgan fingerprint density at radius 1 is 0.955 bits per heavy atom. The predicted molar refractivity (Wildman–Crippen MR) is 174 cm³/mol. The second kappa shape index (κ2) is 13.8. The van der Waals surface area contributed by atoms with Crippen molar-refractivity contribution < 1.29 is 19.1 Å². The molecule has 1 N–H and O–H groups in total. The van der Waals surface area contributed by atoms with E-state index in [1.165, 1.54) is 18.2 Å². The van der Waals surface area contributed by atoms with Crippen molar-refractivity contribution in [2.24, 2.45) is 0 Å². The summed E-state index contributed by atoms with van der Waals surface area (Å²) < 4.78 is 11.5. The molecule has 0 spiro atoms. The number of esters is 2. The maximum atomic E-state index is 14.2. The van der Waals surface area contributed by atoms with Gasteiger partial charge in [-0.1, -0.05) is 97.4 Å². The van der Waals surface area contributed by atoms with E-state index >= 15 is 0 Å². The van der Waals surface area contributed by atoms with Crippen LogP contribution in [-0.2, 0) is 19.1 Å². The van der Waals surface area contributed by atoms with Crippen LogP contribution in [0.4, 0.5) is 0 Å².